The summed E-state index contributed by atoms with van der Waals surface area (Å²) >= 11 is 0. The van der Waals surface area contributed by atoms with Crippen LogP contribution in [-0.2, 0) is 17.8 Å². The van der Waals surface area contributed by atoms with Gasteiger partial charge in [-0.25, -0.2) is 0 Å². The van der Waals surface area contributed by atoms with Crippen LogP contribution in [0.25, 0.3) is 0 Å². The van der Waals surface area contributed by atoms with E-state index >= 15 is 0 Å². The van der Waals surface area contributed by atoms with Crippen LogP contribution in [0.1, 0.15) is 55.5 Å². The van der Waals surface area contributed by atoms with Crippen LogP contribution in [0.4, 0.5) is 13.2 Å². The molecule has 1 aromatic heterocycles. The summed E-state index contributed by atoms with van der Waals surface area (Å²) in [5.41, 5.74) is 2.80. The maximum absolute atomic E-state index is 12.7. The molecular weight excluding hydrogens is 345 g/mol. The van der Waals surface area contributed by atoms with Gasteiger partial charge >= 0.3 is 6.18 Å². The van der Waals surface area contributed by atoms with Crippen LogP contribution in [0.3, 0.4) is 0 Å². The number of aromatic nitrogens is 2. The summed E-state index contributed by atoms with van der Waals surface area (Å²) in [6, 6.07) is 1.92. The molecule has 1 saturated carbocycles. The number of alkyl halides is 3. The second-order valence-electron chi connectivity index (χ2n) is 6.94. The minimum atomic E-state index is -4.13. The van der Waals surface area contributed by atoms with E-state index in [2.05, 4.69) is 16.5 Å². The summed E-state index contributed by atoms with van der Waals surface area (Å²) in [4.78, 5) is 12.2. The van der Waals surface area contributed by atoms with Crippen LogP contribution in [0.2, 0.25) is 0 Å². The molecule has 144 valence electrons. The van der Waals surface area contributed by atoms with Crippen LogP contribution in [0.15, 0.2) is 0 Å². The maximum atomic E-state index is 12.7. The smallest absolute Gasteiger partial charge is 0.353 e. The Bertz CT molecular complexity index is 667. The third-order valence-electron chi connectivity index (χ3n) is 5.12. The van der Waals surface area contributed by atoms with Gasteiger partial charge in [0.1, 0.15) is 0 Å². The van der Waals surface area contributed by atoms with Gasteiger partial charge in [-0.3, -0.25) is 9.48 Å². The first kappa shape index (κ1) is 20.3. The van der Waals surface area contributed by atoms with Crippen molar-refractivity contribution in [1.82, 2.24) is 15.1 Å². The van der Waals surface area contributed by atoms with Crippen molar-refractivity contribution >= 4 is 5.91 Å². The van der Waals surface area contributed by atoms with Crippen LogP contribution in [0.5, 0.6) is 0 Å². The van der Waals surface area contributed by atoms with E-state index in [9.17, 15) is 18.0 Å². The van der Waals surface area contributed by atoms with Crippen molar-refractivity contribution in [2.75, 3.05) is 0 Å². The van der Waals surface area contributed by atoms with Crippen molar-refractivity contribution in [2.45, 2.75) is 77.6 Å². The summed E-state index contributed by atoms with van der Waals surface area (Å²) in [5, 5.41) is 15.9. The molecule has 5 nitrogen and oxygen atoms in total. The average molecular weight is 370 g/mol. The molecule has 0 bridgehead atoms. The SMILES string of the molecule is Cc1nn(CCC#N)c(C)c1CCC(=O)NC1CCC(C(F)(F)F)CC1. The molecule has 1 heterocycles. The second-order valence-corrected chi connectivity index (χ2v) is 6.94. The van der Waals surface area contributed by atoms with Crippen molar-refractivity contribution in [1.29, 1.82) is 5.26 Å². The predicted molar refractivity (Wildman–Crippen MR) is 90.2 cm³/mol. The Morgan fingerprint density at radius 1 is 1.31 bits per heavy atom. The first-order valence-electron chi connectivity index (χ1n) is 8.98. The van der Waals surface area contributed by atoms with E-state index in [4.69, 9.17) is 5.26 Å². The van der Waals surface area contributed by atoms with Gasteiger partial charge in [0.05, 0.1) is 30.6 Å². The molecule has 0 spiro atoms. The third kappa shape index (κ3) is 5.23. The van der Waals surface area contributed by atoms with Gasteiger partial charge in [0.15, 0.2) is 0 Å². The van der Waals surface area contributed by atoms with E-state index in [1.165, 1.54) is 0 Å². The number of nitriles is 1. The van der Waals surface area contributed by atoms with Gasteiger partial charge in [0.2, 0.25) is 5.91 Å². The number of hydrogen-bond donors (Lipinski definition) is 1. The van der Waals surface area contributed by atoms with Gasteiger partial charge in [-0.05, 0) is 51.5 Å². The van der Waals surface area contributed by atoms with E-state index in [1.54, 1.807) is 4.68 Å². The van der Waals surface area contributed by atoms with Crippen molar-refractivity contribution in [3.63, 3.8) is 0 Å². The fourth-order valence-corrected chi connectivity index (χ4v) is 3.57. The summed E-state index contributed by atoms with van der Waals surface area (Å²) in [7, 11) is 0. The van der Waals surface area contributed by atoms with E-state index in [0.717, 1.165) is 17.0 Å². The average Bonchev–Trinajstić information content (AvgIpc) is 2.84. The topological polar surface area (TPSA) is 70.7 Å². The zero-order chi connectivity index (χ0) is 19.3. The normalized spacial score (nSPS) is 20.6. The summed E-state index contributed by atoms with van der Waals surface area (Å²) in [6.07, 6.45) is -2.02. The first-order chi connectivity index (χ1) is 12.2. The molecule has 1 aliphatic carbocycles. The lowest BCUT2D eigenvalue weighted by Crippen LogP contribution is -2.40. The third-order valence-corrected chi connectivity index (χ3v) is 5.12. The fourth-order valence-electron chi connectivity index (χ4n) is 3.57. The Labute approximate surface area is 151 Å². The Morgan fingerprint density at radius 3 is 2.54 bits per heavy atom. The van der Waals surface area contributed by atoms with Crippen LogP contribution >= 0.6 is 0 Å². The number of halogens is 3. The molecule has 0 unspecified atom stereocenters. The summed E-state index contributed by atoms with van der Waals surface area (Å²) in [5.74, 6) is -1.37. The highest BCUT2D eigenvalue weighted by atomic mass is 19.4. The Hall–Kier alpha value is -2.04. The molecule has 0 saturated heterocycles. The predicted octanol–water partition coefficient (Wildman–Crippen LogP) is 3.58. The number of nitrogens with zero attached hydrogens (tertiary/aromatic N) is 3. The highest BCUT2D eigenvalue weighted by Crippen LogP contribution is 2.37. The van der Waals surface area contributed by atoms with Gasteiger partial charge in [-0.1, -0.05) is 0 Å². The molecule has 0 aliphatic heterocycles. The summed E-state index contributed by atoms with van der Waals surface area (Å²) in [6.45, 7) is 4.32. The monoisotopic (exact) mass is 370 g/mol. The van der Waals surface area contributed by atoms with Crippen LogP contribution in [-0.4, -0.2) is 27.9 Å². The lowest BCUT2D eigenvalue weighted by molar-refractivity contribution is -0.182. The Kier molecular flexibility index (Phi) is 6.68. The van der Waals surface area contributed by atoms with E-state index in [1.807, 2.05) is 13.8 Å². The molecule has 1 amide bonds. The Morgan fingerprint density at radius 2 is 1.96 bits per heavy atom. The zero-order valence-electron chi connectivity index (χ0n) is 15.2. The number of aryl methyl sites for hydroxylation is 2. The van der Waals surface area contributed by atoms with Crippen molar-refractivity contribution < 1.29 is 18.0 Å². The van der Waals surface area contributed by atoms with Gasteiger partial charge < -0.3 is 5.32 Å². The Balaban J connectivity index is 1.81. The molecule has 0 atom stereocenters. The van der Waals surface area contributed by atoms with Crippen LogP contribution < -0.4 is 5.32 Å². The maximum Gasteiger partial charge on any atom is 0.391 e. The van der Waals surface area contributed by atoms with Gasteiger partial charge in [-0.15, -0.1) is 0 Å². The molecule has 1 N–H and O–H groups in total. The minimum Gasteiger partial charge on any atom is -0.353 e. The van der Waals surface area contributed by atoms with Crippen molar-refractivity contribution in [3.8, 4) is 6.07 Å². The molecule has 1 aliphatic rings. The molecule has 0 radical (unpaired) electrons. The fraction of sp³-hybridized carbons (Fsp3) is 0.722. The molecular formula is C18H25F3N4O. The number of nitrogens with one attached hydrogen (secondary N) is 1. The molecule has 26 heavy (non-hydrogen) atoms. The lowest BCUT2D eigenvalue weighted by atomic mass is 9.85. The van der Waals surface area contributed by atoms with E-state index in [0.29, 0.717) is 32.2 Å². The number of hydrogen-bond acceptors (Lipinski definition) is 3. The highest BCUT2D eigenvalue weighted by Gasteiger charge is 2.41. The quantitative estimate of drug-likeness (QED) is 0.832. The second kappa shape index (κ2) is 8.56. The molecule has 2 rings (SSSR count). The number of rotatable bonds is 6. The first-order valence-corrected chi connectivity index (χ1v) is 8.98. The largest absolute Gasteiger partial charge is 0.391 e. The van der Waals surface area contributed by atoms with Crippen LogP contribution in [0, 0.1) is 31.1 Å². The van der Waals surface area contributed by atoms with Crippen molar-refractivity contribution in [3.05, 3.63) is 17.0 Å². The highest BCUT2D eigenvalue weighted by molar-refractivity contribution is 5.76. The lowest BCUT2D eigenvalue weighted by Gasteiger charge is -2.30. The van der Waals surface area contributed by atoms with E-state index < -0.39 is 12.1 Å². The zero-order valence-corrected chi connectivity index (χ0v) is 15.2. The number of amides is 1. The molecule has 1 aromatic rings. The summed E-state index contributed by atoms with van der Waals surface area (Å²) < 4.78 is 39.8. The van der Waals surface area contributed by atoms with E-state index in [-0.39, 0.29) is 31.2 Å². The van der Waals surface area contributed by atoms with Gasteiger partial charge in [0.25, 0.3) is 0 Å². The minimum absolute atomic E-state index is 0.0817. The molecule has 0 aromatic carbocycles. The molecule has 1 fully saturated rings. The van der Waals surface area contributed by atoms with Gasteiger partial charge in [-0.2, -0.15) is 23.5 Å². The standard InChI is InChI=1S/C18H25F3N4O/c1-12-16(13(2)25(24-12)11-3-10-22)8-9-17(26)23-15-6-4-14(5-7-15)18(19,20)21/h14-15H,3-9,11H2,1-2H3,(H,23,26). The number of carbonyl (C=O) groups excluding carboxylic acids is 1. The molecule has 8 heteroatoms. The van der Waals surface area contributed by atoms with Crippen molar-refractivity contribution in [2.24, 2.45) is 5.92 Å². The van der Waals surface area contributed by atoms with Gasteiger partial charge in [0, 0.05) is 18.2 Å². The number of carbonyl (C=O) groups is 1.